The molecule has 0 aromatic carbocycles. The highest BCUT2D eigenvalue weighted by molar-refractivity contribution is 7.90. The first-order valence-corrected chi connectivity index (χ1v) is 11.4. The maximum absolute atomic E-state index is 12.2. The zero-order valence-corrected chi connectivity index (χ0v) is 18.1. The van der Waals surface area contributed by atoms with Crippen LogP contribution in [0.2, 0.25) is 0 Å². The van der Waals surface area contributed by atoms with Gasteiger partial charge in [-0.25, -0.2) is 17.9 Å². The molecule has 3 fully saturated rings. The summed E-state index contributed by atoms with van der Waals surface area (Å²) in [6.07, 6.45) is -3.50. The third-order valence-electron chi connectivity index (χ3n) is 5.99. The maximum atomic E-state index is 12.2. The molecular formula is C18H26F3N3O6S. The number of alkyl halides is 3. The van der Waals surface area contributed by atoms with Crippen molar-refractivity contribution in [1.82, 2.24) is 14.8 Å². The SMILES string of the molecule is Cc1noc(C)c1CN1C[C@@H]2COC[C@]2(CNS(=O)(=O)C2CC2)C1.O=C(O)C(F)(F)F. The molecule has 1 saturated carbocycles. The number of aryl methyl sites for hydroxylation is 2. The number of fused-ring (bicyclic) bond motifs is 1. The number of halogens is 3. The molecule has 0 bridgehead atoms. The fourth-order valence-electron chi connectivity index (χ4n) is 4.01. The predicted octanol–water partition coefficient (Wildman–Crippen LogP) is 1.45. The molecule has 4 rings (SSSR count). The van der Waals surface area contributed by atoms with Gasteiger partial charge >= 0.3 is 12.1 Å². The maximum Gasteiger partial charge on any atom is 0.490 e. The Labute approximate surface area is 177 Å². The summed E-state index contributed by atoms with van der Waals surface area (Å²) in [4.78, 5) is 11.3. The van der Waals surface area contributed by atoms with E-state index in [0.717, 1.165) is 49.5 Å². The first kappa shape index (κ1) is 24.0. The highest BCUT2D eigenvalue weighted by Crippen LogP contribution is 2.42. The Morgan fingerprint density at radius 1 is 1.35 bits per heavy atom. The van der Waals surface area contributed by atoms with Gasteiger partial charge in [-0.15, -0.1) is 0 Å². The zero-order valence-electron chi connectivity index (χ0n) is 17.2. The Balaban J connectivity index is 0.000000339. The Morgan fingerprint density at radius 3 is 2.52 bits per heavy atom. The van der Waals surface area contributed by atoms with Crippen molar-refractivity contribution in [3.8, 4) is 0 Å². The lowest BCUT2D eigenvalue weighted by Crippen LogP contribution is -2.43. The Bertz CT molecular complexity index is 896. The van der Waals surface area contributed by atoms with Crippen LogP contribution in [0, 0.1) is 25.2 Å². The van der Waals surface area contributed by atoms with Crippen molar-refractivity contribution in [2.24, 2.45) is 11.3 Å². The van der Waals surface area contributed by atoms with Crippen molar-refractivity contribution in [2.75, 3.05) is 32.8 Å². The van der Waals surface area contributed by atoms with Crippen LogP contribution in [0.1, 0.15) is 29.9 Å². The molecule has 2 atom stereocenters. The number of aliphatic carboxylic acids is 1. The van der Waals surface area contributed by atoms with E-state index in [4.69, 9.17) is 19.2 Å². The molecule has 176 valence electrons. The minimum absolute atomic E-state index is 0.110. The largest absolute Gasteiger partial charge is 0.490 e. The molecule has 9 nitrogen and oxygen atoms in total. The van der Waals surface area contributed by atoms with Crippen LogP contribution in [0.25, 0.3) is 0 Å². The Morgan fingerprint density at radius 2 is 2.00 bits per heavy atom. The summed E-state index contributed by atoms with van der Waals surface area (Å²) in [6.45, 7) is 8.29. The van der Waals surface area contributed by atoms with E-state index in [2.05, 4.69) is 14.8 Å². The average Bonchev–Trinajstić information content (AvgIpc) is 3.30. The summed E-state index contributed by atoms with van der Waals surface area (Å²) in [6, 6.07) is 0. The molecule has 0 radical (unpaired) electrons. The lowest BCUT2D eigenvalue weighted by atomic mass is 9.81. The summed E-state index contributed by atoms with van der Waals surface area (Å²) in [5.74, 6) is -1.52. The van der Waals surface area contributed by atoms with Crippen LogP contribution in [-0.4, -0.2) is 73.8 Å². The van der Waals surface area contributed by atoms with Crippen molar-refractivity contribution in [3.05, 3.63) is 17.0 Å². The fourth-order valence-corrected chi connectivity index (χ4v) is 5.49. The van der Waals surface area contributed by atoms with Crippen LogP contribution in [0.5, 0.6) is 0 Å². The Hall–Kier alpha value is -1.70. The van der Waals surface area contributed by atoms with E-state index in [1.807, 2.05) is 13.8 Å². The van der Waals surface area contributed by atoms with Gasteiger partial charge in [0.25, 0.3) is 0 Å². The first-order valence-electron chi connectivity index (χ1n) is 9.84. The Kier molecular flexibility index (Phi) is 6.71. The van der Waals surface area contributed by atoms with Gasteiger partial charge in [0, 0.05) is 43.1 Å². The number of aromatic nitrogens is 1. The third kappa shape index (κ3) is 5.57. The van der Waals surface area contributed by atoms with E-state index in [-0.39, 0.29) is 10.7 Å². The second-order valence-corrected chi connectivity index (χ2v) is 10.5. The number of carboxylic acid groups (broad SMARTS) is 1. The molecule has 2 N–H and O–H groups in total. The van der Waals surface area contributed by atoms with Gasteiger partial charge in [0.15, 0.2) is 0 Å². The van der Waals surface area contributed by atoms with Gasteiger partial charge in [-0.05, 0) is 26.7 Å². The highest BCUT2D eigenvalue weighted by Gasteiger charge is 2.51. The lowest BCUT2D eigenvalue weighted by Gasteiger charge is -2.27. The van der Waals surface area contributed by atoms with E-state index >= 15 is 0 Å². The number of carbonyl (C=O) groups is 1. The second kappa shape index (κ2) is 8.68. The molecule has 13 heteroatoms. The van der Waals surface area contributed by atoms with E-state index in [9.17, 15) is 21.6 Å². The quantitative estimate of drug-likeness (QED) is 0.642. The van der Waals surface area contributed by atoms with Crippen LogP contribution >= 0.6 is 0 Å². The van der Waals surface area contributed by atoms with E-state index < -0.39 is 22.2 Å². The van der Waals surface area contributed by atoms with Gasteiger partial charge in [-0.1, -0.05) is 5.16 Å². The molecule has 0 amide bonds. The second-order valence-electron chi connectivity index (χ2n) is 8.42. The highest BCUT2D eigenvalue weighted by atomic mass is 32.2. The molecule has 1 aromatic heterocycles. The molecule has 2 saturated heterocycles. The van der Waals surface area contributed by atoms with Crippen molar-refractivity contribution < 1.29 is 40.8 Å². The number of hydrogen-bond donors (Lipinski definition) is 2. The molecule has 3 heterocycles. The van der Waals surface area contributed by atoms with Crippen LogP contribution < -0.4 is 4.72 Å². The number of nitrogens with zero attached hydrogens (tertiary/aromatic N) is 2. The van der Waals surface area contributed by atoms with Crippen LogP contribution in [0.4, 0.5) is 13.2 Å². The molecule has 1 aromatic rings. The number of ether oxygens (including phenoxy) is 1. The van der Waals surface area contributed by atoms with Gasteiger partial charge in [-0.3, -0.25) is 4.90 Å². The van der Waals surface area contributed by atoms with Crippen LogP contribution in [0.15, 0.2) is 4.52 Å². The van der Waals surface area contributed by atoms with E-state index in [1.54, 1.807) is 0 Å². The lowest BCUT2D eigenvalue weighted by molar-refractivity contribution is -0.192. The summed E-state index contributed by atoms with van der Waals surface area (Å²) in [7, 11) is -3.15. The minimum atomic E-state index is -5.08. The monoisotopic (exact) mass is 469 g/mol. The third-order valence-corrected chi connectivity index (χ3v) is 7.88. The number of carboxylic acids is 1. The van der Waals surface area contributed by atoms with Crippen LogP contribution in [-0.2, 0) is 26.1 Å². The molecule has 2 aliphatic heterocycles. The van der Waals surface area contributed by atoms with Gasteiger partial charge in [0.1, 0.15) is 5.76 Å². The van der Waals surface area contributed by atoms with Gasteiger partial charge in [0.05, 0.1) is 24.2 Å². The van der Waals surface area contributed by atoms with E-state index in [0.29, 0.717) is 25.7 Å². The van der Waals surface area contributed by atoms with Crippen molar-refractivity contribution >= 4 is 16.0 Å². The molecule has 1 aliphatic carbocycles. The summed E-state index contributed by atoms with van der Waals surface area (Å²) >= 11 is 0. The number of rotatable bonds is 6. The number of likely N-dealkylation sites (tertiary alicyclic amines) is 1. The smallest absolute Gasteiger partial charge is 0.475 e. The van der Waals surface area contributed by atoms with Gasteiger partial charge in [0.2, 0.25) is 10.0 Å². The molecular weight excluding hydrogens is 443 g/mol. The van der Waals surface area contributed by atoms with Crippen molar-refractivity contribution in [2.45, 2.75) is 44.7 Å². The van der Waals surface area contributed by atoms with Crippen LogP contribution in [0.3, 0.4) is 0 Å². The topological polar surface area (TPSA) is 122 Å². The molecule has 0 spiro atoms. The zero-order chi connectivity index (χ0) is 23.0. The van der Waals surface area contributed by atoms with Crippen molar-refractivity contribution in [3.63, 3.8) is 0 Å². The minimum Gasteiger partial charge on any atom is -0.475 e. The first-order chi connectivity index (χ1) is 14.3. The molecule has 0 unspecified atom stereocenters. The number of sulfonamides is 1. The van der Waals surface area contributed by atoms with E-state index in [1.165, 1.54) is 0 Å². The molecule has 31 heavy (non-hydrogen) atoms. The fraction of sp³-hybridized carbons (Fsp3) is 0.778. The van der Waals surface area contributed by atoms with Gasteiger partial charge in [-0.2, -0.15) is 13.2 Å². The summed E-state index contributed by atoms with van der Waals surface area (Å²) in [5, 5.41) is 11.0. The van der Waals surface area contributed by atoms with Crippen molar-refractivity contribution in [1.29, 1.82) is 0 Å². The normalized spacial score (nSPS) is 26.4. The van der Waals surface area contributed by atoms with Gasteiger partial charge < -0.3 is 14.4 Å². The molecule has 3 aliphatic rings. The summed E-state index contributed by atoms with van der Waals surface area (Å²) < 4.78 is 69.9. The standard InChI is InChI=1S/C16H25N3O4S.C2HF3O2/c1-11-15(12(2)23-18-11)6-19-5-13-7-22-10-16(13,9-19)8-17-24(20,21)14-3-4-14;3-2(4,5)1(6)7/h13-14,17H,3-10H2,1-2H3;(H,6,7)/t13-,16+;/m1./s1. The summed E-state index contributed by atoms with van der Waals surface area (Å²) in [5.41, 5.74) is 1.97. The number of nitrogens with one attached hydrogen (secondary N) is 1. The predicted molar refractivity (Wildman–Crippen MR) is 102 cm³/mol. The number of hydrogen-bond acceptors (Lipinski definition) is 7. The average molecular weight is 469 g/mol.